The van der Waals surface area contributed by atoms with Gasteiger partial charge in [0.25, 0.3) is 5.91 Å². The highest BCUT2D eigenvalue weighted by Gasteiger charge is 2.48. The number of nitrogens with one attached hydrogen (secondary N) is 3. The van der Waals surface area contributed by atoms with Crippen LogP contribution in [-0.4, -0.2) is 40.2 Å². The van der Waals surface area contributed by atoms with E-state index in [1.54, 1.807) is 17.0 Å². The molecule has 1 aromatic carbocycles. The second kappa shape index (κ2) is 9.70. The summed E-state index contributed by atoms with van der Waals surface area (Å²) < 4.78 is 5.52. The molecule has 3 N–H and O–H groups in total. The summed E-state index contributed by atoms with van der Waals surface area (Å²) in [6, 6.07) is 7.69. The lowest BCUT2D eigenvalue weighted by atomic mass is 9.78. The molecule has 1 aliphatic heterocycles. The number of hydrogen-bond acceptors (Lipinski definition) is 5. The number of imide groups is 1. The Hall–Kier alpha value is -3.62. The molecule has 180 valence electrons. The Bertz CT molecular complexity index is 1070. The monoisotopic (exact) mass is 466 g/mol. The van der Waals surface area contributed by atoms with Gasteiger partial charge in [0.1, 0.15) is 17.3 Å². The van der Waals surface area contributed by atoms with Gasteiger partial charge in [-0.1, -0.05) is 37.5 Å². The van der Waals surface area contributed by atoms with Crippen LogP contribution in [0.4, 0.5) is 10.5 Å². The van der Waals surface area contributed by atoms with Crippen LogP contribution < -0.4 is 16.0 Å². The van der Waals surface area contributed by atoms with Crippen LogP contribution >= 0.6 is 0 Å². The maximum Gasteiger partial charge on any atom is 0.322 e. The normalized spacial score (nSPS) is 19.3. The molecule has 5 amide bonds. The standard InChI is InChI=1S/C25H30N4O5/c1-16-8-6-9-17(2)21(16)27-23(32)25(11-4-3-5-12-25)29(15-18-10-7-13-34-18)20(30)14-19-22(31)28-24(33)26-19/h6-10,13,19H,3-5,11-12,14-15H2,1-2H3,(H,27,32)(H2,26,28,31,33)/t19-/m1/s1. The Balaban J connectivity index is 1.68. The van der Waals surface area contributed by atoms with Gasteiger partial charge < -0.3 is 20.0 Å². The van der Waals surface area contributed by atoms with E-state index in [4.69, 9.17) is 4.42 Å². The van der Waals surface area contributed by atoms with Crippen molar-refractivity contribution in [2.24, 2.45) is 0 Å². The molecule has 34 heavy (non-hydrogen) atoms. The lowest BCUT2D eigenvalue weighted by Gasteiger charge is -2.45. The van der Waals surface area contributed by atoms with E-state index in [9.17, 15) is 19.2 Å². The van der Waals surface area contributed by atoms with Gasteiger partial charge in [0.05, 0.1) is 19.2 Å². The number of aryl methyl sites for hydroxylation is 2. The number of furan rings is 1. The number of benzene rings is 1. The average Bonchev–Trinajstić information content (AvgIpc) is 3.44. The van der Waals surface area contributed by atoms with Gasteiger partial charge in [0, 0.05) is 5.69 Å². The number of anilines is 1. The SMILES string of the molecule is Cc1cccc(C)c1NC(=O)C1(N(Cc2ccco2)C(=O)C[C@H]2NC(=O)NC2=O)CCCCC1. The molecule has 0 unspecified atom stereocenters. The molecule has 1 saturated heterocycles. The van der Waals surface area contributed by atoms with Crippen LogP contribution in [0.2, 0.25) is 0 Å². The topological polar surface area (TPSA) is 121 Å². The van der Waals surface area contributed by atoms with Crippen LogP contribution in [0.25, 0.3) is 0 Å². The van der Waals surface area contributed by atoms with Crippen molar-refractivity contribution in [1.29, 1.82) is 0 Å². The molecule has 9 heteroatoms. The van der Waals surface area contributed by atoms with E-state index in [1.807, 2.05) is 32.0 Å². The third-order valence-electron chi connectivity index (χ3n) is 6.77. The molecule has 1 saturated carbocycles. The molecule has 1 atom stereocenters. The van der Waals surface area contributed by atoms with Gasteiger partial charge >= 0.3 is 6.03 Å². The zero-order valence-electron chi connectivity index (χ0n) is 19.5. The minimum absolute atomic E-state index is 0.0916. The van der Waals surface area contributed by atoms with Crippen LogP contribution in [0.15, 0.2) is 41.0 Å². The van der Waals surface area contributed by atoms with Crippen molar-refractivity contribution in [3.8, 4) is 0 Å². The van der Waals surface area contributed by atoms with Crippen molar-refractivity contribution in [2.45, 2.75) is 70.5 Å². The zero-order valence-corrected chi connectivity index (χ0v) is 19.5. The molecule has 2 fully saturated rings. The Morgan fingerprint density at radius 2 is 1.79 bits per heavy atom. The Kier molecular flexibility index (Phi) is 6.72. The van der Waals surface area contributed by atoms with Crippen molar-refractivity contribution in [1.82, 2.24) is 15.5 Å². The number of carbonyl (C=O) groups is 4. The first-order valence-electron chi connectivity index (χ1n) is 11.6. The van der Waals surface area contributed by atoms with Gasteiger partial charge in [-0.2, -0.15) is 0 Å². The maximum absolute atomic E-state index is 13.9. The fourth-order valence-electron chi connectivity index (χ4n) is 4.92. The predicted molar refractivity (Wildman–Crippen MR) is 125 cm³/mol. The second-order valence-corrected chi connectivity index (χ2v) is 9.09. The highest BCUT2D eigenvalue weighted by molar-refractivity contribution is 6.06. The lowest BCUT2D eigenvalue weighted by molar-refractivity contribution is -0.150. The summed E-state index contributed by atoms with van der Waals surface area (Å²) in [4.78, 5) is 52.8. The van der Waals surface area contributed by atoms with Crippen molar-refractivity contribution >= 4 is 29.4 Å². The van der Waals surface area contributed by atoms with Gasteiger partial charge in [0.2, 0.25) is 11.8 Å². The van der Waals surface area contributed by atoms with E-state index in [1.165, 1.54) is 6.26 Å². The van der Waals surface area contributed by atoms with E-state index in [0.29, 0.717) is 18.6 Å². The third-order valence-corrected chi connectivity index (χ3v) is 6.77. The van der Waals surface area contributed by atoms with Crippen molar-refractivity contribution in [3.63, 3.8) is 0 Å². The fraction of sp³-hybridized carbons (Fsp3) is 0.440. The van der Waals surface area contributed by atoms with Gasteiger partial charge in [-0.3, -0.25) is 19.7 Å². The molecular weight excluding hydrogens is 436 g/mol. The maximum atomic E-state index is 13.9. The molecule has 0 spiro atoms. The molecule has 2 heterocycles. The van der Waals surface area contributed by atoms with Crippen molar-refractivity contribution in [2.75, 3.05) is 5.32 Å². The minimum Gasteiger partial charge on any atom is -0.467 e. The summed E-state index contributed by atoms with van der Waals surface area (Å²) in [5, 5.41) is 7.73. The Labute approximate surface area is 198 Å². The number of urea groups is 1. The highest BCUT2D eigenvalue weighted by atomic mass is 16.3. The first kappa shape index (κ1) is 23.5. The Morgan fingerprint density at radius 1 is 1.09 bits per heavy atom. The molecule has 2 aromatic rings. The summed E-state index contributed by atoms with van der Waals surface area (Å²) in [6.07, 6.45) is 4.84. The first-order chi connectivity index (χ1) is 16.3. The van der Waals surface area contributed by atoms with Crippen LogP contribution in [0.3, 0.4) is 0 Å². The molecule has 4 rings (SSSR count). The number of rotatable bonds is 7. The molecule has 2 aliphatic rings. The molecule has 0 radical (unpaired) electrons. The summed E-state index contributed by atoms with van der Waals surface area (Å²) in [7, 11) is 0. The molecule has 1 aromatic heterocycles. The number of amides is 5. The van der Waals surface area contributed by atoms with Gasteiger partial charge in [0.15, 0.2) is 0 Å². The van der Waals surface area contributed by atoms with E-state index in [0.717, 1.165) is 36.1 Å². The molecular formula is C25H30N4O5. The van der Waals surface area contributed by atoms with Crippen molar-refractivity contribution < 1.29 is 23.6 Å². The summed E-state index contributed by atoms with van der Waals surface area (Å²) in [5.41, 5.74) is 1.52. The molecule has 9 nitrogen and oxygen atoms in total. The van der Waals surface area contributed by atoms with Crippen molar-refractivity contribution in [3.05, 3.63) is 53.5 Å². The molecule has 0 bridgehead atoms. The van der Waals surface area contributed by atoms with E-state index >= 15 is 0 Å². The highest BCUT2D eigenvalue weighted by Crippen LogP contribution is 2.37. The Morgan fingerprint density at radius 3 is 2.38 bits per heavy atom. The van der Waals surface area contributed by atoms with Crippen LogP contribution in [0.1, 0.15) is 55.4 Å². The van der Waals surface area contributed by atoms with E-state index in [2.05, 4.69) is 16.0 Å². The van der Waals surface area contributed by atoms with Crippen LogP contribution in [0, 0.1) is 13.8 Å². The molecule has 1 aliphatic carbocycles. The quantitative estimate of drug-likeness (QED) is 0.541. The largest absolute Gasteiger partial charge is 0.467 e. The van der Waals surface area contributed by atoms with Crippen LogP contribution in [0.5, 0.6) is 0 Å². The number of carbonyl (C=O) groups excluding carboxylic acids is 4. The lowest BCUT2D eigenvalue weighted by Crippen LogP contribution is -2.60. The third kappa shape index (κ3) is 4.69. The number of hydrogen-bond donors (Lipinski definition) is 3. The number of nitrogens with zero attached hydrogens (tertiary/aromatic N) is 1. The van der Waals surface area contributed by atoms with Crippen LogP contribution in [-0.2, 0) is 20.9 Å². The average molecular weight is 467 g/mol. The fourth-order valence-corrected chi connectivity index (χ4v) is 4.92. The second-order valence-electron chi connectivity index (χ2n) is 9.09. The van der Waals surface area contributed by atoms with Gasteiger partial charge in [-0.15, -0.1) is 0 Å². The van der Waals surface area contributed by atoms with E-state index < -0.39 is 29.4 Å². The smallest absolute Gasteiger partial charge is 0.322 e. The van der Waals surface area contributed by atoms with Gasteiger partial charge in [-0.25, -0.2) is 4.79 Å². The zero-order chi connectivity index (χ0) is 24.3. The van der Waals surface area contributed by atoms with Gasteiger partial charge in [-0.05, 0) is 49.9 Å². The first-order valence-corrected chi connectivity index (χ1v) is 11.6. The summed E-state index contributed by atoms with van der Waals surface area (Å²) >= 11 is 0. The predicted octanol–water partition coefficient (Wildman–Crippen LogP) is 3.16. The summed E-state index contributed by atoms with van der Waals surface area (Å²) in [6.45, 7) is 3.96. The number of para-hydroxylation sites is 1. The van der Waals surface area contributed by atoms with E-state index in [-0.39, 0.29) is 18.9 Å². The summed E-state index contributed by atoms with van der Waals surface area (Å²) in [5.74, 6) is -0.645. The minimum atomic E-state index is -1.10.